The van der Waals surface area contributed by atoms with Crippen molar-refractivity contribution >= 4 is 22.5 Å². The molecule has 1 aromatic carbocycles. The number of amides is 1. The fourth-order valence-corrected chi connectivity index (χ4v) is 2.17. The van der Waals surface area contributed by atoms with Crippen molar-refractivity contribution in [3.8, 4) is 5.88 Å². The summed E-state index contributed by atoms with van der Waals surface area (Å²) in [6, 6.07) is 8.89. The van der Waals surface area contributed by atoms with Crippen LogP contribution in [-0.2, 0) is 7.05 Å². The third-order valence-electron chi connectivity index (χ3n) is 3.12. The number of carbonyl (C=O) groups is 1. The molecule has 0 unspecified atom stereocenters. The molecule has 0 aliphatic rings. The Morgan fingerprint density at radius 2 is 2.14 bits per heavy atom. The summed E-state index contributed by atoms with van der Waals surface area (Å²) >= 11 is 0. The number of benzene rings is 1. The second kappa shape index (κ2) is 4.86. The molecule has 0 aliphatic carbocycles. The number of azo groups is 1. The number of aromatic amines is 1. The lowest BCUT2D eigenvalue weighted by Gasteiger charge is -1.94. The molecule has 2 N–H and O–H groups in total. The van der Waals surface area contributed by atoms with Crippen LogP contribution in [0.5, 0.6) is 5.88 Å². The van der Waals surface area contributed by atoms with Crippen LogP contribution < -0.4 is 0 Å². The van der Waals surface area contributed by atoms with Crippen LogP contribution in [0.15, 0.2) is 40.6 Å². The van der Waals surface area contributed by atoms with Crippen molar-refractivity contribution in [2.45, 2.75) is 6.92 Å². The summed E-state index contributed by atoms with van der Waals surface area (Å²) in [7, 11) is 1.67. The first-order valence-corrected chi connectivity index (χ1v) is 6.32. The molecule has 0 aliphatic heterocycles. The summed E-state index contributed by atoms with van der Waals surface area (Å²) in [5, 5.41) is 22.2. The molecule has 1 amide bonds. The van der Waals surface area contributed by atoms with E-state index in [2.05, 4.69) is 20.3 Å². The van der Waals surface area contributed by atoms with E-state index in [0.717, 1.165) is 11.2 Å². The van der Waals surface area contributed by atoms with Crippen molar-refractivity contribution in [2.75, 3.05) is 0 Å². The topological polar surface area (TPSA) is 95.6 Å². The van der Waals surface area contributed by atoms with Crippen LogP contribution >= 0.6 is 0 Å². The lowest BCUT2D eigenvalue weighted by Crippen LogP contribution is -2.03. The summed E-state index contributed by atoms with van der Waals surface area (Å²) in [5.74, 6) is -0.628. The maximum atomic E-state index is 12.0. The number of aromatic nitrogens is 3. The van der Waals surface area contributed by atoms with Gasteiger partial charge in [-0.05, 0) is 19.1 Å². The number of hydrogen-bond donors (Lipinski definition) is 2. The van der Waals surface area contributed by atoms with Gasteiger partial charge in [-0.2, -0.15) is 5.10 Å². The molecular formula is C14H13N5O2. The van der Waals surface area contributed by atoms with Crippen LogP contribution in [-0.4, -0.2) is 25.8 Å². The predicted molar refractivity (Wildman–Crippen MR) is 76.8 cm³/mol. The predicted octanol–water partition coefficient (Wildman–Crippen LogP) is 2.84. The minimum absolute atomic E-state index is 0.117. The summed E-state index contributed by atoms with van der Waals surface area (Å²) in [6.07, 6.45) is 0. The first-order valence-electron chi connectivity index (χ1n) is 6.32. The van der Waals surface area contributed by atoms with Crippen LogP contribution in [0.1, 0.15) is 16.2 Å². The number of H-pyrrole nitrogens is 1. The first-order chi connectivity index (χ1) is 10.1. The summed E-state index contributed by atoms with van der Waals surface area (Å²) in [5.41, 5.74) is 2.05. The van der Waals surface area contributed by atoms with E-state index in [9.17, 15) is 9.90 Å². The van der Waals surface area contributed by atoms with Crippen LogP contribution in [0.25, 0.3) is 10.9 Å². The molecule has 0 fully saturated rings. The first kappa shape index (κ1) is 13.0. The van der Waals surface area contributed by atoms with Crippen molar-refractivity contribution in [3.05, 3.63) is 41.7 Å². The third-order valence-corrected chi connectivity index (χ3v) is 3.12. The van der Waals surface area contributed by atoms with E-state index >= 15 is 0 Å². The maximum absolute atomic E-state index is 12.0. The van der Waals surface area contributed by atoms with Gasteiger partial charge in [0.15, 0.2) is 5.69 Å². The monoisotopic (exact) mass is 283 g/mol. The zero-order valence-corrected chi connectivity index (χ0v) is 11.5. The minimum atomic E-state index is -0.511. The molecule has 0 bridgehead atoms. The Labute approximate surface area is 119 Å². The smallest absolute Gasteiger partial charge is 0.313 e. The molecule has 0 spiro atoms. The van der Waals surface area contributed by atoms with Crippen LogP contribution in [0.4, 0.5) is 5.69 Å². The van der Waals surface area contributed by atoms with Gasteiger partial charge in [-0.15, -0.1) is 10.2 Å². The zero-order chi connectivity index (χ0) is 15.0. The number of fused-ring (bicyclic) bond motifs is 1. The Morgan fingerprint density at radius 3 is 2.86 bits per heavy atom. The normalized spacial score (nSPS) is 11.5. The van der Waals surface area contributed by atoms with Crippen molar-refractivity contribution in [3.63, 3.8) is 0 Å². The van der Waals surface area contributed by atoms with E-state index in [1.807, 2.05) is 12.1 Å². The van der Waals surface area contributed by atoms with Crippen molar-refractivity contribution in [2.24, 2.45) is 17.3 Å². The highest BCUT2D eigenvalue weighted by atomic mass is 16.3. The van der Waals surface area contributed by atoms with Crippen LogP contribution in [0.3, 0.4) is 0 Å². The van der Waals surface area contributed by atoms with Gasteiger partial charge in [-0.25, -0.2) is 0 Å². The number of carbonyl (C=O) groups excluding carboxylic acids is 1. The second-order valence-electron chi connectivity index (χ2n) is 4.67. The van der Waals surface area contributed by atoms with Gasteiger partial charge in [0.05, 0.1) is 11.2 Å². The maximum Gasteiger partial charge on any atom is 0.313 e. The Hall–Kier alpha value is -2.96. The van der Waals surface area contributed by atoms with E-state index in [0.29, 0.717) is 11.1 Å². The molecule has 0 radical (unpaired) electrons. The molecule has 0 saturated heterocycles. The zero-order valence-electron chi connectivity index (χ0n) is 11.5. The Bertz CT molecular complexity index is 860. The van der Waals surface area contributed by atoms with Gasteiger partial charge in [-0.1, -0.05) is 18.2 Å². The van der Waals surface area contributed by atoms with Gasteiger partial charge >= 0.3 is 5.91 Å². The highest BCUT2D eigenvalue weighted by Crippen LogP contribution is 2.35. The minimum Gasteiger partial charge on any atom is -0.493 e. The molecule has 0 saturated carbocycles. The van der Waals surface area contributed by atoms with E-state index in [-0.39, 0.29) is 11.6 Å². The number of nitrogens with one attached hydrogen (secondary N) is 1. The van der Waals surface area contributed by atoms with Gasteiger partial charge in [0, 0.05) is 12.4 Å². The van der Waals surface area contributed by atoms with Crippen LogP contribution in [0, 0.1) is 6.92 Å². The molecular weight excluding hydrogens is 270 g/mol. The lowest BCUT2D eigenvalue weighted by atomic mass is 10.2. The van der Waals surface area contributed by atoms with Gasteiger partial charge in [0.25, 0.3) is 0 Å². The number of aryl methyl sites for hydroxylation is 2. The van der Waals surface area contributed by atoms with E-state index in [1.165, 1.54) is 4.68 Å². The Kier molecular flexibility index (Phi) is 3.02. The average molecular weight is 283 g/mol. The number of para-hydroxylation sites is 1. The number of hydrogen-bond acceptors (Lipinski definition) is 4. The Balaban J connectivity index is 1.96. The highest BCUT2D eigenvalue weighted by Gasteiger charge is 2.13. The molecule has 3 rings (SSSR count). The van der Waals surface area contributed by atoms with Crippen molar-refractivity contribution < 1.29 is 9.90 Å². The summed E-state index contributed by atoms with van der Waals surface area (Å²) in [4.78, 5) is 14.8. The number of nitrogens with zero attached hydrogens (tertiary/aromatic N) is 4. The van der Waals surface area contributed by atoms with Gasteiger partial charge in [0.2, 0.25) is 5.88 Å². The van der Waals surface area contributed by atoms with Gasteiger partial charge < -0.3 is 10.1 Å². The van der Waals surface area contributed by atoms with E-state index in [1.54, 1.807) is 32.2 Å². The molecule has 7 nitrogen and oxygen atoms in total. The molecule has 106 valence electrons. The summed E-state index contributed by atoms with van der Waals surface area (Å²) in [6.45, 7) is 1.79. The third kappa shape index (κ3) is 2.29. The average Bonchev–Trinajstić information content (AvgIpc) is 2.95. The standard InChI is InChI=1S/C14H13N5O2/c1-8-7-11(19(2)18-8)13(20)17-16-12-9-5-3-4-6-10(9)15-14(12)21/h3-7,15,21H,1-2H3. The van der Waals surface area contributed by atoms with Crippen molar-refractivity contribution in [1.29, 1.82) is 0 Å². The fraction of sp³-hybridized carbons (Fsp3) is 0.143. The van der Waals surface area contributed by atoms with Crippen LogP contribution in [0.2, 0.25) is 0 Å². The molecule has 2 aromatic heterocycles. The lowest BCUT2D eigenvalue weighted by molar-refractivity contribution is 0.0986. The number of rotatable bonds is 2. The quantitative estimate of drug-likeness (QED) is 0.708. The fourth-order valence-electron chi connectivity index (χ4n) is 2.17. The van der Waals surface area contributed by atoms with Gasteiger partial charge in [0.1, 0.15) is 5.69 Å². The molecule has 0 atom stereocenters. The molecule has 7 heteroatoms. The Morgan fingerprint density at radius 1 is 1.38 bits per heavy atom. The van der Waals surface area contributed by atoms with E-state index in [4.69, 9.17) is 0 Å². The largest absolute Gasteiger partial charge is 0.493 e. The van der Waals surface area contributed by atoms with Crippen molar-refractivity contribution in [1.82, 2.24) is 14.8 Å². The molecule has 3 aromatic rings. The highest BCUT2D eigenvalue weighted by molar-refractivity contribution is 5.96. The molecule has 2 heterocycles. The second-order valence-corrected chi connectivity index (χ2v) is 4.67. The van der Waals surface area contributed by atoms with Gasteiger partial charge in [-0.3, -0.25) is 9.48 Å². The summed E-state index contributed by atoms with van der Waals surface area (Å²) < 4.78 is 1.45. The van der Waals surface area contributed by atoms with E-state index < -0.39 is 5.91 Å². The SMILES string of the molecule is Cc1cc(C(=O)N=Nc2c(O)[nH]c3ccccc23)n(C)n1. The number of aromatic hydroxyl groups is 1. The molecule has 21 heavy (non-hydrogen) atoms.